The molecule has 0 saturated carbocycles. The summed E-state index contributed by atoms with van der Waals surface area (Å²) in [6.07, 6.45) is 6.08. The molecule has 106 valence electrons. The average Bonchev–Trinajstić information content (AvgIpc) is 3.17. The van der Waals surface area contributed by atoms with Crippen molar-refractivity contribution in [3.63, 3.8) is 0 Å². The summed E-state index contributed by atoms with van der Waals surface area (Å²) in [5.41, 5.74) is 1.59. The molecule has 2 N–H and O–H groups in total. The largest absolute Gasteiger partial charge is 0.380 e. The lowest BCUT2D eigenvalue weighted by Crippen LogP contribution is -2.32. The Kier molecular flexibility index (Phi) is 3.31. The van der Waals surface area contributed by atoms with Gasteiger partial charge in [-0.25, -0.2) is 4.98 Å². The molecule has 0 bridgehead atoms. The number of nitrogens with one attached hydrogen (secondary N) is 2. The molecule has 3 rings (SSSR count). The highest BCUT2D eigenvalue weighted by molar-refractivity contribution is 5.95. The lowest BCUT2D eigenvalue weighted by molar-refractivity contribution is 0.0684. The Labute approximate surface area is 117 Å². The summed E-state index contributed by atoms with van der Waals surface area (Å²) in [6, 6.07) is 1.76. The first kappa shape index (κ1) is 12.9. The van der Waals surface area contributed by atoms with E-state index in [1.54, 1.807) is 25.7 Å². The van der Waals surface area contributed by atoms with Gasteiger partial charge in [0.25, 0.3) is 5.91 Å². The molecule has 3 heterocycles. The molecule has 1 aliphatic rings. The molecule has 0 aromatic carbocycles. The fourth-order valence-electron chi connectivity index (χ4n) is 2.75. The number of methoxy groups -OCH3 is 1. The van der Waals surface area contributed by atoms with Gasteiger partial charge in [0, 0.05) is 44.4 Å². The summed E-state index contributed by atoms with van der Waals surface area (Å²) < 4.78 is 5.42. The lowest BCUT2D eigenvalue weighted by Gasteiger charge is -2.22. The van der Waals surface area contributed by atoms with Crippen LogP contribution >= 0.6 is 0 Å². The Hall–Kier alpha value is -2.08. The number of carbonyl (C=O) groups is 1. The van der Waals surface area contributed by atoms with Crippen LogP contribution in [0.1, 0.15) is 34.3 Å². The highest BCUT2D eigenvalue weighted by atomic mass is 16.5. The molecular weight excluding hydrogens is 256 g/mol. The third-order valence-corrected chi connectivity index (χ3v) is 3.88. The Morgan fingerprint density at radius 3 is 2.90 bits per heavy atom. The van der Waals surface area contributed by atoms with Crippen molar-refractivity contribution in [2.75, 3.05) is 13.7 Å². The van der Waals surface area contributed by atoms with Crippen LogP contribution in [-0.2, 0) is 4.74 Å². The number of aryl methyl sites for hydroxylation is 1. The molecule has 6 nitrogen and oxygen atoms in total. The van der Waals surface area contributed by atoms with E-state index in [9.17, 15) is 4.79 Å². The molecule has 6 heteroatoms. The molecule has 0 aliphatic carbocycles. The summed E-state index contributed by atoms with van der Waals surface area (Å²) in [6.45, 7) is 2.49. The molecule has 1 fully saturated rings. The van der Waals surface area contributed by atoms with E-state index in [2.05, 4.69) is 15.0 Å². The van der Waals surface area contributed by atoms with Crippen LogP contribution in [0.2, 0.25) is 0 Å². The Morgan fingerprint density at radius 1 is 1.45 bits per heavy atom. The number of aromatic nitrogens is 3. The van der Waals surface area contributed by atoms with Crippen molar-refractivity contribution in [1.29, 1.82) is 0 Å². The van der Waals surface area contributed by atoms with E-state index in [1.807, 2.05) is 17.9 Å². The van der Waals surface area contributed by atoms with Gasteiger partial charge in [-0.3, -0.25) is 4.79 Å². The lowest BCUT2D eigenvalue weighted by atomic mass is 10.1. The van der Waals surface area contributed by atoms with Crippen molar-refractivity contribution >= 4 is 5.91 Å². The first-order chi connectivity index (χ1) is 9.70. The highest BCUT2D eigenvalue weighted by Gasteiger charge is 2.38. The molecular formula is C14H18N4O2. The van der Waals surface area contributed by atoms with Crippen LogP contribution < -0.4 is 0 Å². The van der Waals surface area contributed by atoms with Crippen LogP contribution in [0.4, 0.5) is 0 Å². The van der Waals surface area contributed by atoms with Gasteiger partial charge in [0.1, 0.15) is 5.82 Å². The smallest absolute Gasteiger partial charge is 0.256 e. The maximum atomic E-state index is 12.7. The second-order valence-electron chi connectivity index (χ2n) is 5.06. The molecule has 1 saturated heterocycles. The van der Waals surface area contributed by atoms with Crippen molar-refractivity contribution in [2.45, 2.75) is 25.5 Å². The van der Waals surface area contributed by atoms with Gasteiger partial charge in [0.2, 0.25) is 0 Å². The number of imidazole rings is 1. The number of likely N-dealkylation sites (tertiary alicyclic amines) is 1. The SMILES string of the molecule is CO[C@@H]1CC(c2ncc[nH]2)N(C(=O)c2cc[nH]c2C)C1. The van der Waals surface area contributed by atoms with Crippen molar-refractivity contribution in [3.8, 4) is 0 Å². The van der Waals surface area contributed by atoms with Crippen LogP contribution in [0.3, 0.4) is 0 Å². The molecule has 1 aliphatic heterocycles. The number of H-pyrrole nitrogens is 2. The second-order valence-corrected chi connectivity index (χ2v) is 5.06. The fourth-order valence-corrected chi connectivity index (χ4v) is 2.75. The normalized spacial score (nSPS) is 22.4. The number of amides is 1. The molecule has 20 heavy (non-hydrogen) atoms. The first-order valence-corrected chi connectivity index (χ1v) is 6.67. The maximum absolute atomic E-state index is 12.7. The molecule has 2 aromatic rings. The third-order valence-electron chi connectivity index (χ3n) is 3.88. The van der Waals surface area contributed by atoms with E-state index >= 15 is 0 Å². The van der Waals surface area contributed by atoms with E-state index in [-0.39, 0.29) is 18.1 Å². The van der Waals surface area contributed by atoms with Gasteiger partial charge >= 0.3 is 0 Å². The van der Waals surface area contributed by atoms with Crippen molar-refractivity contribution in [3.05, 3.63) is 41.7 Å². The topological polar surface area (TPSA) is 74.0 Å². The van der Waals surface area contributed by atoms with Gasteiger partial charge in [-0.2, -0.15) is 0 Å². The predicted octanol–water partition coefficient (Wildman–Crippen LogP) is 1.65. The molecule has 0 spiro atoms. The van der Waals surface area contributed by atoms with Crippen LogP contribution in [0.25, 0.3) is 0 Å². The molecule has 2 atom stereocenters. The Bertz CT molecular complexity index is 590. The summed E-state index contributed by atoms with van der Waals surface area (Å²) in [5, 5.41) is 0. The quantitative estimate of drug-likeness (QED) is 0.893. The van der Waals surface area contributed by atoms with Gasteiger partial charge in [0.15, 0.2) is 0 Å². The zero-order valence-electron chi connectivity index (χ0n) is 11.6. The van der Waals surface area contributed by atoms with Crippen molar-refractivity contribution in [2.24, 2.45) is 0 Å². The summed E-state index contributed by atoms with van der Waals surface area (Å²) in [5.74, 6) is 0.829. The van der Waals surface area contributed by atoms with Gasteiger partial charge in [0.05, 0.1) is 17.7 Å². The van der Waals surface area contributed by atoms with Crippen LogP contribution in [0.15, 0.2) is 24.7 Å². The summed E-state index contributed by atoms with van der Waals surface area (Å²) in [7, 11) is 1.68. The maximum Gasteiger partial charge on any atom is 0.256 e. The van der Waals surface area contributed by atoms with Crippen molar-refractivity contribution < 1.29 is 9.53 Å². The summed E-state index contributed by atoms with van der Waals surface area (Å²) in [4.78, 5) is 25.0. The number of hydrogen-bond acceptors (Lipinski definition) is 3. The van der Waals surface area contributed by atoms with Crippen LogP contribution in [-0.4, -0.2) is 45.5 Å². The van der Waals surface area contributed by atoms with E-state index < -0.39 is 0 Å². The highest BCUT2D eigenvalue weighted by Crippen LogP contribution is 2.33. The molecule has 2 aromatic heterocycles. The predicted molar refractivity (Wildman–Crippen MR) is 73.3 cm³/mol. The number of aromatic amines is 2. The Morgan fingerprint density at radius 2 is 2.30 bits per heavy atom. The van der Waals surface area contributed by atoms with Gasteiger partial charge < -0.3 is 19.6 Å². The van der Waals surface area contributed by atoms with Crippen LogP contribution in [0.5, 0.6) is 0 Å². The second kappa shape index (κ2) is 5.13. The minimum atomic E-state index is -0.0586. The zero-order chi connectivity index (χ0) is 14.1. The number of ether oxygens (including phenoxy) is 1. The van der Waals surface area contributed by atoms with Gasteiger partial charge in [-0.1, -0.05) is 0 Å². The monoisotopic (exact) mass is 274 g/mol. The minimum absolute atomic E-state index is 0.0182. The van der Waals surface area contributed by atoms with Crippen molar-refractivity contribution in [1.82, 2.24) is 19.9 Å². The first-order valence-electron chi connectivity index (χ1n) is 6.67. The fraction of sp³-hybridized carbons (Fsp3) is 0.429. The third kappa shape index (κ3) is 2.12. The number of hydrogen-bond donors (Lipinski definition) is 2. The summed E-state index contributed by atoms with van der Waals surface area (Å²) >= 11 is 0. The number of nitrogens with zero attached hydrogens (tertiary/aromatic N) is 2. The molecule has 1 amide bonds. The standard InChI is InChI=1S/C14H18N4O2/c1-9-11(3-4-15-9)14(19)18-8-10(20-2)7-12(18)13-16-5-6-17-13/h3-6,10,12,15H,7-8H2,1-2H3,(H,16,17)/t10-,12?/m1/s1. The number of rotatable bonds is 3. The van der Waals surface area contributed by atoms with Gasteiger partial charge in [-0.05, 0) is 13.0 Å². The van der Waals surface area contributed by atoms with E-state index in [0.717, 1.165) is 17.9 Å². The van der Waals surface area contributed by atoms with Crippen LogP contribution in [0, 0.1) is 6.92 Å². The zero-order valence-corrected chi connectivity index (χ0v) is 11.6. The Balaban J connectivity index is 1.90. The van der Waals surface area contributed by atoms with E-state index in [1.165, 1.54) is 0 Å². The molecule has 1 unspecified atom stereocenters. The van der Waals surface area contributed by atoms with E-state index in [0.29, 0.717) is 12.1 Å². The number of carbonyl (C=O) groups excluding carboxylic acids is 1. The van der Waals surface area contributed by atoms with Gasteiger partial charge in [-0.15, -0.1) is 0 Å². The minimum Gasteiger partial charge on any atom is -0.380 e. The van der Waals surface area contributed by atoms with E-state index in [4.69, 9.17) is 4.74 Å². The molecule has 0 radical (unpaired) electrons. The average molecular weight is 274 g/mol.